The molecule has 0 spiro atoms. The van der Waals surface area contributed by atoms with Crippen molar-refractivity contribution in [1.82, 2.24) is 4.98 Å². The molecule has 0 bridgehead atoms. The Morgan fingerprint density at radius 2 is 1.59 bits per heavy atom. The lowest BCUT2D eigenvalue weighted by Gasteiger charge is -2.17. The third-order valence-corrected chi connectivity index (χ3v) is 5.03. The van der Waals surface area contributed by atoms with Gasteiger partial charge in [0.15, 0.2) is 11.5 Å². The Balaban J connectivity index is 1.70. The number of hydrogen-bond acceptors (Lipinski definition) is 6. The second kappa shape index (κ2) is 11.2. The van der Waals surface area contributed by atoms with Gasteiger partial charge in [-0.05, 0) is 49.2 Å². The first-order valence-electron chi connectivity index (χ1n) is 10.8. The number of fused-ring (bicyclic) bond motifs is 1. The quantitative estimate of drug-likeness (QED) is 0.386. The molecule has 3 rings (SSSR count). The van der Waals surface area contributed by atoms with E-state index < -0.39 is 6.09 Å². The van der Waals surface area contributed by atoms with Crippen LogP contribution in [0.5, 0.6) is 23.0 Å². The minimum Gasteiger partial charge on any atom is -0.493 e. The number of anilines is 1. The minimum absolute atomic E-state index is 0.0526. The van der Waals surface area contributed by atoms with Crippen molar-refractivity contribution in [3.63, 3.8) is 0 Å². The molecule has 0 aliphatic carbocycles. The average Bonchev–Trinajstić information content (AvgIpc) is 2.80. The van der Waals surface area contributed by atoms with E-state index >= 15 is 0 Å². The van der Waals surface area contributed by atoms with Crippen molar-refractivity contribution < 1.29 is 23.7 Å². The van der Waals surface area contributed by atoms with Gasteiger partial charge in [-0.2, -0.15) is 0 Å². The highest BCUT2D eigenvalue weighted by atomic mass is 16.6. The molecule has 0 unspecified atom stereocenters. The standard InChI is InChI=1S/C25H30N2O5/c1-5-7-18(8-6-2)32-25(28)27-17-9-11-19(12-10-17)31-22-13-14-26-21-16-24(30-4)23(29-3)15-20(21)22/h9-16,18H,5-8H2,1-4H3,(H,27,28). The van der Waals surface area contributed by atoms with Gasteiger partial charge in [0.1, 0.15) is 17.6 Å². The Kier molecular flexibility index (Phi) is 8.14. The van der Waals surface area contributed by atoms with Crippen LogP contribution in [0.25, 0.3) is 10.9 Å². The lowest BCUT2D eigenvalue weighted by molar-refractivity contribution is 0.0988. The summed E-state index contributed by atoms with van der Waals surface area (Å²) in [4.78, 5) is 16.6. The van der Waals surface area contributed by atoms with E-state index in [1.54, 1.807) is 50.7 Å². The summed E-state index contributed by atoms with van der Waals surface area (Å²) in [6.07, 6.45) is 4.88. The first-order chi connectivity index (χ1) is 15.6. The van der Waals surface area contributed by atoms with Crippen LogP contribution in [0.4, 0.5) is 10.5 Å². The van der Waals surface area contributed by atoms with E-state index in [4.69, 9.17) is 18.9 Å². The summed E-state index contributed by atoms with van der Waals surface area (Å²) in [7, 11) is 3.17. The molecule has 7 heteroatoms. The smallest absolute Gasteiger partial charge is 0.411 e. The van der Waals surface area contributed by atoms with Crippen LogP contribution in [0.3, 0.4) is 0 Å². The zero-order valence-corrected chi connectivity index (χ0v) is 19.0. The van der Waals surface area contributed by atoms with Gasteiger partial charge in [0.25, 0.3) is 0 Å². The van der Waals surface area contributed by atoms with Gasteiger partial charge >= 0.3 is 6.09 Å². The van der Waals surface area contributed by atoms with Crippen molar-refractivity contribution in [2.45, 2.75) is 45.6 Å². The number of benzene rings is 2. The highest BCUT2D eigenvalue weighted by Gasteiger charge is 2.14. The predicted molar refractivity (Wildman–Crippen MR) is 125 cm³/mol. The van der Waals surface area contributed by atoms with Gasteiger partial charge in [0, 0.05) is 23.3 Å². The Labute approximate surface area is 188 Å². The number of nitrogens with one attached hydrogen (secondary N) is 1. The van der Waals surface area contributed by atoms with E-state index in [1.807, 2.05) is 12.1 Å². The van der Waals surface area contributed by atoms with Gasteiger partial charge in [-0.25, -0.2) is 4.79 Å². The van der Waals surface area contributed by atoms with E-state index in [-0.39, 0.29) is 6.10 Å². The van der Waals surface area contributed by atoms with E-state index in [9.17, 15) is 4.79 Å². The molecule has 1 N–H and O–H groups in total. The van der Waals surface area contributed by atoms with E-state index in [2.05, 4.69) is 24.1 Å². The minimum atomic E-state index is -0.438. The molecule has 170 valence electrons. The van der Waals surface area contributed by atoms with Crippen LogP contribution in [0.15, 0.2) is 48.7 Å². The molecule has 0 aliphatic rings. The summed E-state index contributed by atoms with van der Waals surface area (Å²) in [5.41, 5.74) is 1.37. The fourth-order valence-electron chi connectivity index (χ4n) is 3.47. The second-order valence-electron chi connectivity index (χ2n) is 7.39. The second-order valence-corrected chi connectivity index (χ2v) is 7.39. The zero-order valence-electron chi connectivity index (χ0n) is 19.0. The van der Waals surface area contributed by atoms with Gasteiger partial charge in [-0.15, -0.1) is 0 Å². The topological polar surface area (TPSA) is 78.9 Å². The summed E-state index contributed by atoms with van der Waals surface area (Å²) in [6, 6.07) is 12.6. The maximum absolute atomic E-state index is 12.2. The number of methoxy groups -OCH3 is 2. The molecule has 0 aliphatic heterocycles. The monoisotopic (exact) mass is 438 g/mol. The number of carbonyl (C=O) groups excluding carboxylic acids is 1. The van der Waals surface area contributed by atoms with Gasteiger partial charge < -0.3 is 18.9 Å². The van der Waals surface area contributed by atoms with Crippen LogP contribution in [0.1, 0.15) is 39.5 Å². The molecule has 7 nitrogen and oxygen atoms in total. The molecule has 0 atom stereocenters. The third-order valence-electron chi connectivity index (χ3n) is 5.03. The van der Waals surface area contributed by atoms with Crippen molar-refractivity contribution in [2.75, 3.05) is 19.5 Å². The van der Waals surface area contributed by atoms with Crippen LogP contribution in [-0.2, 0) is 4.74 Å². The predicted octanol–water partition coefficient (Wildman–Crippen LogP) is 6.56. The number of amides is 1. The van der Waals surface area contributed by atoms with E-state index in [0.29, 0.717) is 28.7 Å². The number of carbonyl (C=O) groups is 1. The molecule has 3 aromatic rings. The fourth-order valence-corrected chi connectivity index (χ4v) is 3.47. The summed E-state index contributed by atoms with van der Waals surface area (Å²) in [5, 5.41) is 3.58. The zero-order chi connectivity index (χ0) is 22.9. The van der Waals surface area contributed by atoms with Crippen molar-refractivity contribution in [2.24, 2.45) is 0 Å². The van der Waals surface area contributed by atoms with E-state index in [1.165, 1.54) is 0 Å². The number of nitrogens with zero attached hydrogens (tertiary/aromatic N) is 1. The van der Waals surface area contributed by atoms with Crippen molar-refractivity contribution in [3.8, 4) is 23.0 Å². The molecular formula is C25H30N2O5. The highest BCUT2D eigenvalue weighted by Crippen LogP contribution is 2.37. The molecule has 1 heterocycles. The molecule has 1 amide bonds. The lowest BCUT2D eigenvalue weighted by Crippen LogP contribution is -2.22. The third kappa shape index (κ3) is 5.81. The summed E-state index contributed by atoms with van der Waals surface area (Å²) in [6.45, 7) is 4.17. The molecular weight excluding hydrogens is 408 g/mol. The summed E-state index contributed by atoms with van der Waals surface area (Å²) < 4.78 is 22.4. The van der Waals surface area contributed by atoms with Crippen LogP contribution in [-0.4, -0.2) is 31.4 Å². The van der Waals surface area contributed by atoms with Crippen molar-refractivity contribution in [1.29, 1.82) is 0 Å². The average molecular weight is 439 g/mol. The van der Waals surface area contributed by atoms with Gasteiger partial charge in [-0.1, -0.05) is 26.7 Å². The Hall–Kier alpha value is -3.48. The van der Waals surface area contributed by atoms with Crippen LogP contribution in [0.2, 0.25) is 0 Å². The Bertz CT molecular complexity index is 1030. The van der Waals surface area contributed by atoms with Crippen LogP contribution >= 0.6 is 0 Å². The number of ether oxygens (including phenoxy) is 4. The first kappa shape index (κ1) is 23.2. The molecule has 2 aromatic carbocycles. The summed E-state index contributed by atoms with van der Waals surface area (Å²) >= 11 is 0. The fraction of sp³-hybridized carbons (Fsp3) is 0.360. The number of pyridine rings is 1. The maximum Gasteiger partial charge on any atom is 0.411 e. The van der Waals surface area contributed by atoms with Gasteiger partial charge in [0.2, 0.25) is 0 Å². The first-order valence-corrected chi connectivity index (χ1v) is 10.8. The SMILES string of the molecule is CCCC(CCC)OC(=O)Nc1ccc(Oc2ccnc3cc(OC)c(OC)cc23)cc1. The Morgan fingerprint density at radius 1 is 0.938 bits per heavy atom. The van der Waals surface area contributed by atoms with E-state index in [0.717, 1.165) is 36.6 Å². The van der Waals surface area contributed by atoms with Crippen molar-refractivity contribution in [3.05, 3.63) is 48.7 Å². The molecule has 1 aromatic heterocycles. The van der Waals surface area contributed by atoms with Gasteiger partial charge in [0.05, 0.1) is 19.7 Å². The summed E-state index contributed by atoms with van der Waals surface area (Å²) in [5.74, 6) is 2.46. The number of rotatable bonds is 10. The molecule has 0 saturated carbocycles. The maximum atomic E-state index is 12.2. The van der Waals surface area contributed by atoms with Gasteiger partial charge in [-0.3, -0.25) is 10.3 Å². The highest BCUT2D eigenvalue weighted by molar-refractivity contribution is 5.88. The van der Waals surface area contributed by atoms with Crippen molar-refractivity contribution >= 4 is 22.7 Å². The molecule has 0 saturated heterocycles. The molecule has 0 fully saturated rings. The number of aromatic nitrogens is 1. The van der Waals surface area contributed by atoms with Crippen LogP contribution < -0.4 is 19.5 Å². The molecule has 32 heavy (non-hydrogen) atoms. The number of hydrogen-bond donors (Lipinski definition) is 1. The lowest BCUT2D eigenvalue weighted by atomic mass is 10.1. The normalized spacial score (nSPS) is 10.8. The largest absolute Gasteiger partial charge is 0.493 e. The van der Waals surface area contributed by atoms with Crippen LogP contribution in [0, 0.1) is 0 Å². The Morgan fingerprint density at radius 3 is 2.22 bits per heavy atom. The molecule has 0 radical (unpaired) electrons.